The Morgan fingerprint density at radius 3 is 2.62 bits per heavy atom. The molecule has 108 valence electrons. The highest BCUT2D eigenvalue weighted by molar-refractivity contribution is 9.10. The number of carbonyl (C=O) groups is 1. The van der Waals surface area contributed by atoms with E-state index < -0.39 is 0 Å². The van der Waals surface area contributed by atoms with Crippen LogP contribution in [0.15, 0.2) is 64.2 Å². The van der Waals surface area contributed by atoms with Crippen LogP contribution in [0.25, 0.3) is 0 Å². The van der Waals surface area contributed by atoms with Crippen molar-refractivity contribution in [3.8, 4) is 0 Å². The average Bonchev–Trinajstić information content (AvgIpc) is 2.51. The summed E-state index contributed by atoms with van der Waals surface area (Å²) >= 11 is 3.42. The summed E-state index contributed by atoms with van der Waals surface area (Å²) in [6.07, 6.45) is 1.15. The quantitative estimate of drug-likeness (QED) is 0.648. The van der Waals surface area contributed by atoms with Crippen LogP contribution in [0.3, 0.4) is 0 Å². The summed E-state index contributed by atoms with van der Waals surface area (Å²) in [4.78, 5) is 11.8. The molecule has 0 unspecified atom stereocenters. The number of aryl methyl sites for hydroxylation is 1. The molecule has 0 aliphatic heterocycles. The minimum absolute atomic E-state index is 0.0757. The third-order valence-corrected chi connectivity index (χ3v) is 3.57. The van der Waals surface area contributed by atoms with Gasteiger partial charge >= 0.3 is 0 Å². The molecule has 0 atom stereocenters. The maximum atomic E-state index is 11.8. The van der Waals surface area contributed by atoms with Gasteiger partial charge in [-0.05, 0) is 36.6 Å². The van der Waals surface area contributed by atoms with Crippen LogP contribution >= 0.6 is 15.9 Å². The topological polar surface area (TPSA) is 41.5 Å². The van der Waals surface area contributed by atoms with Crippen molar-refractivity contribution < 1.29 is 4.79 Å². The predicted molar refractivity (Wildman–Crippen MR) is 89.3 cm³/mol. The first-order valence-corrected chi connectivity index (χ1v) is 7.57. The zero-order valence-corrected chi connectivity index (χ0v) is 13.4. The van der Waals surface area contributed by atoms with Crippen molar-refractivity contribution in [1.82, 2.24) is 5.43 Å². The van der Waals surface area contributed by atoms with Gasteiger partial charge in [0.05, 0.1) is 5.71 Å². The van der Waals surface area contributed by atoms with Gasteiger partial charge in [0.25, 0.3) is 0 Å². The zero-order chi connectivity index (χ0) is 15.1. The molecule has 0 spiro atoms. The lowest BCUT2D eigenvalue weighted by Crippen LogP contribution is -2.19. The molecule has 0 saturated carbocycles. The highest BCUT2D eigenvalue weighted by atomic mass is 79.9. The Bertz CT molecular complexity index is 638. The maximum absolute atomic E-state index is 11.8. The van der Waals surface area contributed by atoms with Gasteiger partial charge in [0.15, 0.2) is 0 Å². The van der Waals surface area contributed by atoms with Crippen LogP contribution in [0.4, 0.5) is 0 Å². The van der Waals surface area contributed by atoms with Gasteiger partial charge in [0.1, 0.15) is 0 Å². The number of halogens is 1. The van der Waals surface area contributed by atoms with Gasteiger partial charge in [-0.2, -0.15) is 5.10 Å². The molecule has 21 heavy (non-hydrogen) atoms. The summed E-state index contributed by atoms with van der Waals surface area (Å²) < 4.78 is 0.991. The summed E-state index contributed by atoms with van der Waals surface area (Å²) in [5.41, 5.74) is 5.52. The number of rotatable bonds is 5. The minimum Gasteiger partial charge on any atom is -0.273 e. The smallest absolute Gasteiger partial charge is 0.240 e. The fourth-order valence-electron chi connectivity index (χ4n) is 1.88. The van der Waals surface area contributed by atoms with Crippen LogP contribution < -0.4 is 5.43 Å². The summed E-state index contributed by atoms with van der Waals surface area (Å²) in [5, 5.41) is 4.14. The molecule has 3 nitrogen and oxygen atoms in total. The van der Waals surface area contributed by atoms with E-state index in [1.54, 1.807) is 0 Å². The average molecular weight is 345 g/mol. The van der Waals surface area contributed by atoms with E-state index in [0.29, 0.717) is 6.42 Å². The summed E-state index contributed by atoms with van der Waals surface area (Å²) in [7, 11) is 0. The molecule has 2 aromatic rings. The molecule has 1 amide bonds. The number of nitrogens with zero attached hydrogens (tertiary/aromatic N) is 1. The van der Waals surface area contributed by atoms with Crippen LogP contribution in [-0.2, 0) is 11.2 Å². The number of benzene rings is 2. The van der Waals surface area contributed by atoms with Gasteiger partial charge in [-0.3, -0.25) is 4.79 Å². The van der Waals surface area contributed by atoms with Gasteiger partial charge < -0.3 is 0 Å². The van der Waals surface area contributed by atoms with Gasteiger partial charge in [0.2, 0.25) is 5.91 Å². The molecular weight excluding hydrogens is 328 g/mol. The monoisotopic (exact) mass is 344 g/mol. The zero-order valence-electron chi connectivity index (χ0n) is 11.8. The van der Waals surface area contributed by atoms with Crippen LogP contribution in [0.2, 0.25) is 0 Å². The highest BCUT2D eigenvalue weighted by Crippen LogP contribution is 2.12. The fourth-order valence-corrected chi connectivity index (χ4v) is 2.28. The number of hydrogen-bond acceptors (Lipinski definition) is 2. The molecule has 0 heterocycles. The Balaban J connectivity index is 1.87. The SMILES string of the molecule is CC(=NNC(=O)CCc1ccccc1)c1cccc(Br)c1. The summed E-state index contributed by atoms with van der Waals surface area (Å²) in [6.45, 7) is 1.87. The number of carbonyl (C=O) groups excluding carboxylic acids is 1. The lowest BCUT2D eigenvalue weighted by Gasteiger charge is -2.04. The highest BCUT2D eigenvalue weighted by Gasteiger charge is 2.02. The third-order valence-electron chi connectivity index (χ3n) is 3.07. The van der Waals surface area contributed by atoms with Crippen molar-refractivity contribution >= 4 is 27.5 Å². The largest absolute Gasteiger partial charge is 0.273 e. The Morgan fingerprint density at radius 2 is 1.90 bits per heavy atom. The molecule has 0 radical (unpaired) electrons. The van der Waals surface area contributed by atoms with Crippen LogP contribution in [-0.4, -0.2) is 11.6 Å². The number of amides is 1. The van der Waals surface area contributed by atoms with Gasteiger partial charge in [-0.1, -0.05) is 58.4 Å². The molecule has 4 heteroatoms. The predicted octanol–water partition coefficient (Wildman–Crippen LogP) is 3.92. The van der Waals surface area contributed by atoms with Gasteiger partial charge in [0, 0.05) is 10.9 Å². The second-order valence-electron chi connectivity index (χ2n) is 4.73. The van der Waals surface area contributed by atoms with E-state index in [9.17, 15) is 4.79 Å². The Labute approximate surface area is 133 Å². The molecule has 2 rings (SSSR count). The molecule has 0 fully saturated rings. The first-order chi connectivity index (χ1) is 10.1. The van der Waals surface area contributed by atoms with Crippen molar-refractivity contribution in [1.29, 1.82) is 0 Å². The molecular formula is C17H17BrN2O. The van der Waals surface area contributed by atoms with E-state index in [1.165, 1.54) is 0 Å². The van der Waals surface area contributed by atoms with Gasteiger partial charge in [-0.25, -0.2) is 5.43 Å². The minimum atomic E-state index is -0.0757. The van der Waals surface area contributed by atoms with Crippen LogP contribution in [0.1, 0.15) is 24.5 Å². The molecule has 0 aliphatic carbocycles. The van der Waals surface area contributed by atoms with E-state index >= 15 is 0 Å². The molecule has 0 aliphatic rings. The summed E-state index contributed by atoms with van der Waals surface area (Å²) in [6, 6.07) is 17.8. The van der Waals surface area contributed by atoms with Crippen LogP contribution in [0, 0.1) is 0 Å². The van der Waals surface area contributed by atoms with E-state index in [4.69, 9.17) is 0 Å². The lowest BCUT2D eigenvalue weighted by molar-refractivity contribution is -0.121. The normalized spacial score (nSPS) is 11.2. The second-order valence-corrected chi connectivity index (χ2v) is 5.64. The first-order valence-electron chi connectivity index (χ1n) is 6.78. The van der Waals surface area contributed by atoms with Crippen molar-refractivity contribution in [2.75, 3.05) is 0 Å². The fraction of sp³-hybridized carbons (Fsp3) is 0.176. The standard InChI is InChI=1S/C17H17BrN2O/c1-13(15-8-5-9-16(18)12-15)19-20-17(21)11-10-14-6-3-2-4-7-14/h2-9,12H,10-11H2,1H3,(H,20,21). The van der Waals surface area contributed by atoms with Crippen molar-refractivity contribution in [3.63, 3.8) is 0 Å². The van der Waals surface area contributed by atoms with E-state index in [2.05, 4.69) is 26.5 Å². The number of hydrogen-bond donors (Lipinski definition) is 1. The molecule has 2 aromatic carbocycles. The number of nitrogens with one attached hydrogen (secondary N) is 1. The van der Waals surface area contributed by atoms with Crippen molar-refractivity contribution in [2.45, 2.75) is 19.8 Å². The molecule has 0 aromatic heterocycles. The molecule has 0 saturated heterocycles. The van der Waals surface area contributed by atoms with Crippen molar-refractivity contribution in [3.05, 3.63) is 70.2 Å². The Kier molecular flexibility index (Phi) is 5.69. The van der Waals surface area contributed by atoms with Crippen LogP contribution in [0.5, 0.6) is 0 Å². The Hall–Kier alpha value is -1.94. The molecule has 0 bridgehead atoms. The van der Waals surface area contributed by atoms with E-state index in [1.807, 2.05) is 61.5 Å². The summed E-state index contributed by atoms with van der Waals surface area (Å²) in [5.74, 6) is -0.0757. The maximum Gasteiger partial charge on any atom is 0.240 e. The third kappa shape index (κ3) is 5.16. The van der Waals surface area contributed by atoms with E-state index in [0.717, 1.165) is 27.7 Å². The van der Waals surface area contributed by atoms with E-state index in [-0.39, 0.29) is 5.91 Å². The second kappa shape index (κ2) is 7.74. The first kappa shape index (κ1) is 15.4. The molecule has 1 N–H and O–H groups in total. The van der Waals surface area contributed by atoms with Gasteiger partial charge in [-0.15, -0.1) is 0 Å². The van der Waals surface area contributed by atoms with Crippen molar-refractivity contribution in [2.24, 2.45) is 5.10 Å². The Morgan fingerprint density at radius 1 is 1.14 bits per heavy atom. The number of hydrazone groups is 1. The lowest BCUT2D eigenvalue weighted by atomic mass is 10.1.